The fourth-order valence-electron chi connectivity index (χ4n) is 2.45. The Balaban J connectivity index is 2.37. The van der Waals surface area contributed by atoms with E-state index in [0.717, 1.165) is 16.7 Å². The van der Waals surface area contributed by atoms with E-state index in [-0.39, 0.29) is 11.7 Å². The summed E-state index contributed by atoms with van der Waals surface area (Å²) in [5.74, 6) is 0.0979. The largest absolute Gasteiger partial charge is 0.508 e. The van der Waals surface area contributed by atoms with E-state index in [1.54, 1.807) is 26.4 Å². The zero-order valence-corrected chi connectivity index (χ0v) is 13.5. The van der Waals surface area contributed by atoms with Gasteiger partial charge in [0.2, 0.25) is 5.91 Å². The number of nitrogens with one attached hydrogen (secondary N) is 1. The molecule has 0 spiro atoms. The SMILES string of the molecule is COC(OC)c1cc(Cc2ccccc2O)ccc1NC(C)=O. The fourth-order valence-corrected chi connectivity index (χ4v) is 2.45. The van der Waals surface area contributed by atoms with E-state index in [1.165, 1.54) is 6.92 Å². The molecular formula is C18H21NO4. The molecule has 0 saturated carbocycles. The Hall–Kier alpha value is -2.37. The molecule has 0 saturated heterocycles. The maximum atomic E-state index is 11.4. The standard InChI is InChI=1S/C18H21NO4/c1-12(20)19-16-9-8-13(11-15(16)18(22-2)23-3)10-14-6-4-5-7-17(14)21/h4-9,11,18,21H,10H2,1-3H3,(H,19,20). The Morgan fingerprint density at radius 3 is 2.48 bits per heavy atom. The van der Waals surface area contributed by atoms with Crippen molar-refractivity contribution < 1.29 is 19.4 Å². The lowest BCUT2D eigenvalue weighted by atomic mass is 10.0. The average molecular weight is 315 g/mol. The first-order chi connectivity index (χ1) is 11.0. The molecule has 0 fully saturated rings. The number of rotatable bonds is 6. The second-order valence-electron chi connectivity index (χ2n) is 5.21. The van der Waals surface area contributed by atoms with E-state index < -0.39 is 6.29 Å². The van der Waals surface area contributed by atoms with Crippen molar-refractivity contribution in [3.8, 4) is 5.75 Å². The summed E-state index contributed by atoms with van der Waals surface area (Å²) in [5.41, 5.74) is 3.19. The Morgan fingerprint density at radius 2 is 1.87 bits per heavy atom. The minimum atomic E-state index is -0.582. The summed E-state index contributed by atoms with van der Waals surface area (Å²) in [6.07, 6.45) is -0.0126. The number of carbonyl (C=O) groups excluding carboxylic acids is 1. The van der Waals surface area contributed by atoms with E-state index in [0.29, 0.717) is 12.1 Å². The molecule has 2 N–H and O–H groups in total. The summed E-state index contributed by atoms with van der Waals surface area (Å²) in [6.45, 7) is 1.45. The molecule has 5 heteroatoms. The van der Waals surface area contributed by atoms with E-state index in [2.05, 4.69) is 5.32 Å². The highest BCUT2D eigenvalue weighted by atomic mass is 16.7. The van der Waals surface area contributed by atoms with Gasteiger partial charge < -0.3 is 19.9 Å². The number of carbonyl (C=O) groups is 1. The van der Waals surface area contributed by atoms with Gasteiger partial charge in [0.25, 0.3) is 0 Å². The van der Waals surface area contributed by atoms with E-state index in [4.69, 9.17) is 9.47 Å². The molecule has 0 heterocycles. The molecular weight excluding hydrogens is 294 g/mol. The molecule has 0 atom stereocenters. The fraction of sp³-hybridized carbons (Fsp3) is 0.278. The number of methoxy groups -OCH3 is 2. The van der Waals surface area contributed by atoms with Gasteiger partial charge in [0.1, 0.15) is 5.75 Å². The molecule has 2 rings (SSSR count). The van der Waals surface area contributed by atoms with Crippen LogP contribution in [0.2, 0.25) is 0 Å². The van der Waals surface area contributed by atoms with Gasteiger partial charge in [-0.3, -0.25) is 4.79 Å². The van der Waals surface area contributed by atoms with Crippen LogP contribution in [0.3, 0.4) is 0 Å². The van der Waals surface area contributed by atoms with Crippen LogP contribution in [-0.4, -0.2) is 25.2 Å². The Labute approximate surface area is 135 Å². The van der Waals surface area contributed by atoms with E-state index >= 15 is 0 Å². The normalized spacial score (nSPS) is 10.8. The number of hydrogen-bond donors (Lipinski definition) is 2. The summed E-state index contributed by atoms with van der Waals surface area (Å²) in [5, 5.41) is 12.7. The van der Waals surface area contributed by atoms with Crippen molar-refractivity contribution in [2.45, 2.75) is 19.6 Å². The van der Waals surface area contributed by atoms with Gasteiger partial charge in [-0.1, -0.05) is 24.3 Å². The van der Waals surface area contributed by atoms with Crippen LogP contribution in [-0.2, 0) is 20.7 Å². The van der Waals surface area contributed by atoms with Crippen LogP contribution in [0.1, 0.15) is 29.9 Å². The highest BCUT2D eigenvalue weighted by molar-refractivity contribution is 5.89. The van der Waals surface area contributed by atoms with Gasteiger partial charge in [-0.2, -0.15) is 0 Å². The number of anilines is 1. The lowest BCUT2D eigenvalue weighted by molar-refractivity contribution is -0.114. The molecule has 23 heavy (non-hydrogen) atoms. The van der Waals surface area contributed by atoms with Crippen LogP contribution in [0, 0.1) is 0 Å². The van der Waals surface area contributed by atoms with Crippen molar-refractivity contribution >= 4 is 11.6 Å². The van der Waals surface area contributed by atoms with Gasteiger partial charge in [0.05, 0.1) is 0 Å². The molecule has 0 aliphatic carbocycles. The summed E-state index contributed by atoms with van der Waals surface area (Å²) >= 11 is 0. The number of benzene rings is 2. The molecule has 2 aromatic rings. The predicted molar refractivity (Wildman–Crippen MR) is 88.4 cm³/mol. The van der Waals surface area contributed by atoms with Crippen molar-refractivity contribution in [1.29, 1.82) is 0 Å². The summed E-state index contributed by atoms with van der Waals surface area (Å²) in [6, 6.07) is 12.8. The van der Waals surface area contributed by atoms with Crippen LogP contribution >= 0.6 is 0 Å². The van der Waals surface area contributed by atoms with E-state index in [1.807, 2.05) is 30.3 Å². The number of amides is 1. The number of phenols is 1. The van der Waals surface area contributed by atoms with Gasteiger partial charge in [-0.25, -0.2) is 0 Å². The molecule has 122 valence electrons. The Kier molecular flexibility index (Phi) is 5.73. The first-order valence-corrected chi connectivity index (χ1v) is 7.28. The second-order valence-corrected chi connectivity index (χ2v) is 5.21. The minimum Gasteiger partial charge on any atom is -0.508 e. The third kappa shape index (κ3) is 4.31. The molecule has 2 aromatic carbocycles. The van der Waals surface area contributed by atoms with Gasteiger partial charge >= 0.3 is 0 Å². The van der Waals surface area contributed by atoms with Crippen LogP contribution in [0.5, 0.6) is 5.75 Å². The summed E-state index contributed by atoms with van der Waals surface area (Å²) < 4.78 is 10.6. The Bertz CT molecular complexity index is 680. The number of aromatic hydroxyl groups is 1. The lowest BCUT2D eigenvalue weighted by Gasteiger charge is -2.19. The summed E-state index contributed by atoms with van der Waals surface area (Å²) in [4.78, 5) is 11.4. The molecule has 0 bridgehead atoms. The maximum Gasteiger partial charge on any atom is 0.221 e. The van der Waals surface area contributed by atoms with Crippen molar-refractivity contribution in [2.24, 2.45) is 0 Å². The van der Waals surface area contributed by atoms with Crippen molar-refractivity contribution in [3.05, 3.63) is 59.2 Å². The first-order valence-electron chi connectivity index (χ1n) is 7.28. The average Bonchev–Trinajstić information content (AvgIpc) is 2.52. The van der Waals surface area contributed by atoms with Crippen LogP contribution < -0.4 is 5.32 Å². The van der Waals surface area contributed by atoms with Crippen LogP contribution in [0.15, 0.2) is 42.5 Å². The molecule has 5 nitrogen and oxygen atoms in total. The molecule has 0 aromatic heterocycles. The number of para-hydroxylation sites is 1. The highest BCUT2D eigenvalue weighted by Crippen LogP contribution is 2.29. The van der Waals surface area contributed by atoms with E-state index in [9.17, 15) is 9.90 Å². The Morgan fingerprint density at radius 1 is 1.17 bits per heavy atom. The van der Waals surface area contributed by atoms with Gasteiger partial charge in [-0.05, 0) is 29.3 Å². The topological polar surface area (TPSA) is 67.8 Å². The predicted octanol–water partition coefficient (Wildman–Crippen LogP) is 3.23. The maximum absolute atomic E-state index is 11.4. The van der Waals surface area contributed by atoms with Gasteiger partial charge in [0.15, 0.2) is 6.29 Å². The monoisotopic (exact) mass is 315 g/mol. The quantitative estimate of drug-likeness (QED) is 0.803. The molecule has 0 aliphatic rings. The third-order valence-corrected chi connectivity index (χ3v) is 3.49. The smallest absolute Gasteiger partial charge is 0.221 e. The van der Waals surface area contributed by atoms with Gasteiger partial charge in [0, 0.05) is 38.8 Å². The summed E-state index contributed by atoms with van der Waals surface area (Å²) in [7, 11) is 3.09. The number of phenolic OH excluding ortho intramolecular Hbond substituents is 1. The second kappa shape index (κ2) is 7.76. The molecule has 1 amide bonds. The van der Waals surface area contributed by atoms with Crippen molar-refractivity contribution in [3.63, 3.8) is 0 Å². The van der Waals surface area contributed by atoms with Gasteiger partial charge in [-0.15, -0.1) is 0 Å². The molecule has 0 unspecified atom stereocenters. The zero-order valence-electron chi connectivity index (χ0n) is 13.5. The van der Waals surface area contributed by atoms with Crippen molar-refractivity contribution in [2.75, 3.05) is 19.5 Å². The zero-order chi connectivity index (χ0) is 16.8. The number of ether oxygens (including phenoxy) is 2. The van der Waals surface area contributed by atoms with Crippen molar-refractivity contribution in [1.82, 2.24) is 0 Å². The lowest BCUT2D eigenvalue weighted by Crippen LogP contribution is -2.12. The van der Waals surface area contributed by atoms with Crippen LogP contribution in [0.4, 0.5) is 5.69 Å². The first kappa shape index (κ1) is 17.0. The molecule has 0 radical (unpaired) electrons. The third-order valence-electron chi connectivity index (χ3n) is 3.49. The highest BCUT2D eigenvalue weighted by Gasteiger charge is 2.16. The van der Waals surface area contributed by atoms with Crippen LogP contribution in [0.25, 0.3) is 0 Å². The molecule has 0 aliphatic heterocycles. The minimum absolute atomic E-state index is 0.161. The number of hydrogen-bond acceptors (Lipinski definition) is 4.